The Balaban J connectivity index is 2.16. The molecular formula is C21H20O. The van der Waals surface area contributed by atoms with Crippen LogP contribution in [0.15, 0.2) is 60.7 Å². The predicted molar refractivity (Wildman–Crippen MR) is 95.4 cm³/mol. The summed E-state index contributed by atoms with van der Waals surface area (Å²) in [7, 11) is 1.70. The Kier molecular flexibility index (Phi) is 3.97. The molecule has 0 bridgehead atoms. The second kappa shape index (κ2) is 6.07. The largest absolute Gasteiger partial charge is 0.497 e. The second-order valence-electron chi connectivity index (χ2n) is 5.52. The molecule has 0 aliphatic carbocycles. The van der Waals surface area contributed by atoms with E-state index in [0.29, 0.717) is 0 Å². The highest BCUT2D eigenvalue weighted by atomic mass is 16.5. The minimum Gasteiger partial charge on any atom is -0.497 e. The molecule has 3 aromatic carbocycles. The summed E-state index contributed by atoms with van der Waals surface area (Å²) in [6, 6.07) is 19.4. The van der Waals surface area contributed by atoms with Gasteiger partial charge < -0.3 is 4.74 Å². The summed E-state index contributed by atoms with van der Waals surface area (Å²) in [5.41, 5.74) is 4.92. The molecule has 3 aromatic rings. The van der Waals surface area contributed by atoms with Gasteiger partial charge in [0.25, 0.3) is 0 Å². The van der Waals surface area contributed by atoms with Crippen molar-refractivity contribution >= 4 is 16.8 Å². The van der Waals surface area contributed by atoms with E-state index in [2.05, 4.69) is 67.6 Å². The van der Waals surface area contributed by atoms with Crippen molar-refractivity contribution < 1.29 is 4.74 Å². The Morgan fingerprint density at radius 2 is 1.64 bits per heavy atom. The van der Waals surface area contributed by atoms with E-state index in [4.69, 9.17) is 4.74 Å². The van der Waals surface area contributed by atoms with Gasteiger partial charge in [-0.15, -0.1) is 0 Å². The van der Waals surface area contributed by atoms with Gasteiger partial charge >= 0.3 is 0 Å². The summed E-state index contributed by atoms with van der Waals surface area (Å²) in [6.07, 6.45) is 4.18. The van der Waals surface area contributed by atoms with Crippen molar-refractivity contribution in [2.24, 2.45) is 0 Å². The summed E-state index contributed by atoms with van der Waals surface area (Å²) in [6.45, 7) is 4.16. The zero-order valence-corrected chi connectivity index (χ0v) is 13.3. The van der Waals surface area contributed by atoms with E-state index in [1.165, 1.54) is 33.0 Å². The first-order chi connectivity index (χ1) is 10.7. The van der Waals surface area contributed by atoms with Gasteiger partial charge in [-0.3, -0.25) is 0 Å². The Morgan fingerprint density at radius 3 is 2.41 bits per heavy atom. The molecule has 0 saturated carbocycles. The van der Waals surface area contributed by atoms with E-state index in [1.54, 1.807) is 7.11 Å². The molecule has 0 spiro atoms. The van der Waals surface area contributed by atoms with Crippen LogP contribution < -0.4 is 4.74 Å². The van der Waals surface area contributed by atoms with Gasteiger partial charge in [0.05, 0.1) is 7.11 Å². The van der Waals surface area contributed by atoms with E-state index in [-0.39, 0.29) is 0 Å². The van der Waals surface area contributed by atoms with Gasteiger partial charge in [-0.05, 0) is 59.5 Å². The topological polar surface area (TPSA) is 9.23 Å². The molecule has 0 saturated heterocycles. The molecule has 1 heteroatoms. The third kappa shape index (κ3) is 2.75. The van der Waals surface area contributed by atoms with Crippen LogP contribution in [0.2, 0.25) is 0 Å². The number of fused-ring (bicyclic) bond motifs is 1. The molecule has 0 amide bonds. The Hall–Kier alpha value is -2.54. The van der Waals surface area contributed by atoms with Crippen LogP contribution >= 0.6 is 0 Å². The van der Waals surface area contributed by atoms with Crippen molar-refractivity contribution in [3.63, 3.8) is 0 Å². The summed E-state index contributed by atoms with van der Waals surface area (Å²) in [5.74, 6) is 0.883. The highest BCUT2D eigenvalue weighted by Gasteiger charge is 2.06. The lowest BCUT2D eigenvalue weighted by atomic mass is 9.96. The van der Waals surface area contributed by atoms with Gasteiger partial charge in [-0.1, -0.05) is 54.1 Å². The first kappa shape index (κ1) is 14.4. The van der Waals surface area contributed by atoms with Crippen LogP contribution in [0.1, 0.15) is 18.1 Å². The fourth-order valence-corrected chi connectivity index (χ4v) is 2.78. The van der Waals surface area contributed by atoms with Gasteiger partial charge in [0.15, 0.2) is 0 Å². The third-order valence-corrected chi connectivity index (χ3v) is 3.91. The molecule has 0 atom stereocenters. The van der Waals surface area contributed by atoms with Crippen LogP contribution in [0.5, 0.6) is 5.75 Å². The zero-order valence-electron chi connectivity index (χ0n) is 13.3. The number of hydrogen-bond acceptors (Lipinski definition) is 1. The molecule has 22 heavy (non-hydrogen) atoms. The van der Waals surface area contributed by atoms with E-state index in [0.717, 1.165) is 5.75 Å². The Bertz CT molecular complexity index is 844. The van der Waals surface area contributed by atoms with Crippen molar-refractivity contribution in [1.82, 2.24) is 0 Å². The highest BCUT2D eigenvalue weighted by molar-refractivity contribution is 5.89. The fraction of sp³-hybridized carbons (Fsp3) is 0.143. The van der Waals surface area contributed by atoms with E-state index in [9.17, 15) is 0 Å². The normalized spacial score (nSPS) is 11.2. The highest BCUT2D eigenvalue weighted by Crippen LogP contribution is 2.31. The average molecular weight is 288 g/mol. The molecule has 0 aromatic heterocycles. The molecule has 110 valence electrons. The summed E-state index contributed by atoms with van der Waals surface area (Å²) in [4.78, 5) is 0. The van der Waals surface area contributed by atoms with Gasteiger partial charge in [0.2, 0.25) is 0 Å². The number of allylic oxidation sites excluding steroid dienone is 1. The average Bonchev–Trinajstić information content (AvgIpc) is 2.54. The van der Waals surface area contributed by atoms with Crippen molar-refractivity contribution in [1.29, 1.82) is 0 Å². The van der Waals surface area contributed by atoms with Crippen LogP contribution in [-0.2, 0) is 0 Å². The Labute approximate surface area is 131 Å². The fourth-order valence-electron chi connectivity index (χ4n) is 2.78. The van der Waals surface area contributed by atoms with Crippen molar-refractivity contribution in [2.75, 3.05) is 7.11 Å². The van der Waals surface area contributed by atoms with Crippen LogP contribution in [0.25, 0.3) is 28.0 Å². The van der Waals surface area contributed by atoms with Crippen molar-refractivity contribution in [3.05, 3.63) is 71.8 Å². The van der Waals surface area contributed by atoms with Gasteiger partial charge in [-0.2, -0.15) is 0 Å². The second-order valence-corrected chi connectivity index (χ2v) is 5.52. The van der Waals surface area contributed by atoms with Crippen LogP contribution in [0.3, 0.4) is 0 Å². The van der Waals surface area contributed by atoms with Crippen molar-refractivity contribution in [2.45, 2.75) is 13.8 Å². The number of benzene rings is 3. The number of methoxy groups -OCH3 is 1. The van der Waals surface area contributed by atoms with E-state index >= 15 is 0 Å². The predicted octanol–water partition coefficient (Wildman–Crippen LogP) is 5.86. The number of rotatable bonds is 3. The quantitative estimate of drug-likeness (QED) is 0.586. The first-order valence-electron chi connectivity index (χ1n) is 7.53. The van der Waals surface area contributed by atoms with Crippen LogP contribution in [0.4, 0.5) is 0 Å². The molecule has 0 fully saturated rings. The monoisotopic (exact) mass is 288 g/mol. The Morgan fingerprint density at radius 1 is 0.864 bits per heavy atom. The lowest BCUT2D eigenvalue weighted by Gasteiger charge is -2.10. The zero-order chi connectivity index (χ0) is 15.5. The van der Waals surface area contributed by atoms with E-state index < -0.39 is 0 Å². The molecule has 0 heterocycles. The maximum absolute atomic E-state index is 5.34. The summed E-state index contributed by atoms with van der Waals surface area (Å²) >= 11 is 0. The summed E-state index contributed by atoms with van der Waals surface area (Å²) in [5, 5.41) is 2.55. The smallest absolute Gasteiger partial charge is 0.119 e. The molecule has 0 unspecified atom stereocenters. The van der Waals surface area contributed by atoms with Crippen LogP contribution in [0, 0.1) is 6.92 Å². The molecule has 0 aliphatic rings. The number of ether oxygens (including phenoxy) is 1. The molecule has 0 aliphatic heterocycles. The van der Waals surface area contributed by atoms with Crippen LogP contribution in [-0.4, -0.2) is 7.11 Å². The molecule has 3 rings (SSSR count). The van der Waals surface area contributed by atoms with E-state index in [1.807, 2.05) is 13.0 Å². The standard InChI is InChI=1S/C21H20O/c1-4-5-18-14-20(22-3)10-11-21(18)19-9-8-16-12-15(2)6-7-17(16)13-19/h4-14H,1-3H3/b5-4+. The molecule has 0 N–H and O–H groups in total. The van der Waals surface area contributed by atoms with Gasteiger partial charge in [0, 0.05) is 0 Å². The first-order valence-corrected chi connectivity index (χ1v) is 7.53. The van der Waals surface area contributed by atoms with Gasteiger partial charge in [-0.25, -0.2) is 0 Å². The van der Waals surface area contributed by atoms with Crippen molar-refractivity contribution in [3.8, 4) is 16.9 Å². The molecule has 0 radical (unpaired) electrons. The molecular weight excluding hydrogens is 268 g/mol. The lowest BCUT2D eigenvalue weighted by molar-refractivity contribution is 0.415. The lowest BCUT2D eigenvalue weighted by Crippen LogP contribution is -1.88. The minimum absolute atomic E-state index is 0.883. The molecule has 1 nitrogen and oxygen atoms in total. The SMILES string of the molecule is C/C=C/c1cc(OC)ccc1-c1ccc2cc(C)ccc2c1. The maximum atomic E-state index is 5.34. The van der Waals surface area contributed by atoms with Gasteiger partial charge in [0.1, 0.15) is 5.75 Å². The maximum Gasteiger partial charge on any atom is 0.119 e. The minimum atomic E-state index is 0.883. The third-order valence-electron chi connectivity index (χ3n) is 3.91. The number of hydrogen-bond donors (Lipinski definition) is 0. The summed E-state index contributed by atoms with van der Waals surface area (Å²) < 4.78 is 5.34. The number of aryl methyl sites for hydroxylation is 1.